The average Bonchev–Trinajstić information content (AvgIpc) is 3.86. The molecular formula is C42H23BrN2O2. The molecule has 0 fully saturated rings. The van der Waals surface area contributed by atoms with E-state index in [1.807, 2.05) is 0 Å². The molecule has 5 heteroatoms. The molecule has 0 saturated heterocycles. The number of hydrogen-bond donors (Lipinski definition) is 0. The standard InChI is InChI=1S/C42H23BrN2O2/c43-33-23-31-30-21-24(44-34-13-5-1-9-26(34)27-10-2-6-14-35(27)44)17-19-38(30)46-41(31)40-32-22-25(18-20-39(32)47-42(33)40)45-36-15-7-3-11-28(36)29-12-4-8-16-37(29)45/h1-23H. The Morgan fingerprint density at radius 1 is 0.383 bits per heavy atom. The molecule has 4 heterocycles. The molecule has 0 N–H and O–H groups in total. The molecule has 0 aliphatic rings. The minimum atomic E-state index is 0.786. The Morgan fingerprint density at radius 2 is 0.809 bits per heavy atom. The van der Waals surface area contributed by atoms with Crippen molar-refractivity contribution >= 4 is 103 Å². The summed E-state index contributed by atoms with van der Waals surface area (Å²) in [6.07, 6.45) is 0. The largest absolute Gasteiger partial charge is 0.455 e. The van der Waals surface area contributed by atoms with Crippen molar-refractivity contribution in [2.75, 3.05) is 0 Å². The summed E-state index contributed by atoms with van der Waals surface area (Å²) in [5.74, 6) is 0. The van der Waals surface area contributed by atoms with Crippen LogP contribution in [0.2, 0.25) is 0 Å². The molecule has 7 aromatic carbocycles. The lowest BCUT2D eigenvalue weighted by Crippen LogP contribution is -1.93. The molecular weight excluding hydrogens is 644 g/mol. The lowest BCUT2D eigenvalue weighted by molar-refractivity contribution is 0.661. The van der Waals surface area contributed by atoms with Gasteiger partial charge in [-0.1, -0.05) is 72.8 Å². The van der Waals surface area contributed by atoms with Crippen LogP contribution < -0.4 is 0 Å². The second-order valence-corrected chi connectivity index (χ2v) is 13.1. The molecule has 0 spiro atoms. The smallest absolute Gasteiger partial charge is 0.153 e. The van der Waals surface area contributed by atoms with Gasteiger partial charge >= 0.3 is 0 Å². The highest BCUT2D eigenvalue weighted by Gasteiger charge is 2.21. The molecule has 0 radical (unpaired) electrons. The second-order valence-electron chi connectivity index (χ2n) is 12.2. The van der Waals surface area contributed by atoms with Gasteiger partial charge in [-0.2, -0.15) is 0 Å². The predicted molar refractivity (Wildman–Crippen MR) is 197 cm³/mol. The second kappa shape index (κ2) is 9.15. The summed E-state index contributed by atoms with van der Waals surface area (Å²) in [6, 6.07) is 49.5. The van der Waals surface area contributed by atoms with Crippen molar-refractivity contribution in [2.45, 2.75) is 0 Å². The molecule has 11 aromatic rings. The number of para-hydroxylation sites is 4. The predicted octanol–water partition coefficient (Wildman–Crippen LogP) is 12.4. The summed E-state index contributed by atoms with van der Waals surface area (Å²) in [4.78, 5) is 0. The zero-order valence-corrected chi connectivity index (χ0v) is 26.5. The van der Waals surface area contributed by atoms with Gasteiger partial charge in [0.1, 0.15) is 16.7 Å². The monoisotopic (exact) mass is 666 g/mol. The van der Waals surface area contributed by atoms with E-state index in [0.717, 1.165) is 59.7 Å². The maximum absolute atomic E-state index is 6.71. The Kier molecular flexibility index (Phi) is 4.95. The Bertz CT molecular complexity index is 2990. The fourth-order valence-electron chi connectivity index (χ4n) is 7.78. The van der Waals surface area contributed by atoms with Crippen molar-refractivity contribution in [3.8, 4) is 11.4 Å². The molecule has 0 aliphatic carbocycles. The number of rotatable bonds is 2. The van der Waals surface area contributed by atoms with Crippen LogP contribution in [0.15, 0.2) is 153 Å². The zero-order valence-electron chi connectivity index (χ0n) is 24.9. The number of furan rings is 2. The molecule has 0 unspecified atom stereocenters. The maximum Gasteiger partial charge on any atom is 0.153 e. The van der Waals surface area contributed by atoms with Crippen LogP contribution in [0.4, 0.5) is 0 Å². The van der Waals surface area contributed by atoms with Crippen molar-refractivity contribution in [2.24, 2.45) is 0 Å². The SMILES string of the molecule is Brc1cc2c3cc(-n4c5ccccc5c5ccccc54)ccc3oc2c2c1oc1ccc(-n3c4ccccc4c4ccccc43)cc12. The van der Waals surface area contributed by atoms with E-state index < -0.39 is 0 Å². The minimum absolute atomic E-state index is 0.786. The highest BCUT2D eigenvalue weighted by atomic mass is 79.9. The number of hydrogen-bond acceptors (Lipinski definition) is 2. The quantitative estimate of drug-likeness (QED) is 0.184. The molecule has 0 saturated carbocycles. The van der Waals surface area contributed by atoms with Gasteiger partial charge in [0.05, 0.1) is 31.9 Å². The molecule has 0 amide bonds. The van der Waals surface area contributed by atoms with Gasteiger partial charge in [-0.3, -0.25) is 0 Å². The first-order chi connectivity index (χ1) is 23.2. The van der Waals surface area contributed by atoms with Crippen LogP contribution in [0.25, 0.3) is 98.9 Å². The van der Waals surface area contributed by atoms with E-state index in [1.54, 1.807) is 0 Å². The molecule has 11 rings (SSSR count). The fourth-order valence-corrected chi connectivity index (χ4v) is 8.29. The van der Waals surface area contributed by atoms with Gasteiger partial charge in [-0.15, -0.1) is 0 Å². The lowest BCUT2D eigenvalue weighted by Gasteiger charge is -2.08. The number of nitrogens with zero attached hydrogens (tertiary/aromatic N) is 2. The van der Waals surface area contributed by atoms with Crippen LogP contribution in [0, 0.1) is 0 Å². The highest BCUT2D eigenvalue weighted by Crippen LogP contribution is 2.44. The van der Waals surface area contributed by atoms with E-state index in [0.29, 0.717) is 0 Å². The molecule has 0 atom stereocenters. The van der Waals surface area contributed by atoms with Crippen LogP contribution >= 0.6 is 15.9 Å². The van der Waals surface area contributed by atoms with Gasteiger partial charge in [-0.25, -0.2) is 0 Å². The summed E-state index contributed by atoms with van der Waals surface area (Å²) in [5, 5.41) is 9.07. The van der Waals surface area contributed by atoms with Gasteiger partial charge in [-0.05, 0) is 82.7 Å². The third-order valence-electron chi connectivity index (χ3n) is 9.77. The van der Waals surface area contributed by atoms with Gasteiger partial charge in [0.25, 0.3) is 0 Å². The fraction of sp³-hybridized carbons (Fsp3) is 0. The highest BCUT2D eigenvalue weighted by molar-refractivity contribution is 9.10. The van der Waals surface area contributed by atoms with E-state index in [-0.39, 0.29) is 0 Å². The van der Waals surface area contributed by atoms with Crippen LogP contribution in [0.5, 0.6) is 0 Å². The van der Waals surface area contributed by atoms with Crippen molar-refractivity contribution in [1.82, 2.24) is 9.13 Å². The average molecular weight is 668 g/mol. The van der Waals surface area contributed by atoms with Crippen molar-refractivity contribution in [3.05, 3.63) is 144 Å². The molecule has 4 nitrogen and oxygen atoms in total. The first-order valence-electron chi connectivity index (χ1n) is 15.7. The molecule has 0 bridgehead atoms. The Hall–Kier alpha value is -5.78. The van der Waals surface area contributed by atoms with Crippen molar-refractivity contribution in [3.63, 3.8) is 0 Å². The third-order valence-corrected chi connectivity index (χ3v) is 10.4. The molecule has 47 heavy (non-hydrogen) atoms. The van der Waals surface area contributed by atoms with E-state index >= 15 is 0 Å². The van der Waals surface area contributed by atoms with E-state index in [9.17, 15) is 0 Å². The Labute approximate surface area is 275 Å². The molecule has 0 aliphatic heterocycles. The molecule has 4 aromatic heterocycles. The summed E-state index contributed by atoms with van der Waals surface area (Å²) in [6.45, 7) is 0. The summed E-state index contributed by atoms with van der Waals surface area (Å²) < 4.78 is 18.8. The Morgan fingerprint density at radius 3 is 1.32 bits per heavy atom. The van der Waals surface area contributed by atoms with Gasteiger partial charge in [0, 0.05) is 49.1 Å². The van der Waals surface area contributed by atoms with Gasteiger partial charge < -0.3 is 18.0 Å². The lowest BCUT2D eigenvalue weighted by atomic mass is 10.1. The van der Waals surface area contributed by atoms with Crippen LogP contribution in [-0.2, 0) is 0 Å². The number of aromatic nitrogens is 2. The zero-order chi connectivity index (χ0) is 30.8. The molecule has 220 valence electrons. The number of fused-ring (bicyclic) bond motifs is 13. The first-order valence-corrected chi connectivity index (χ1v) is 16.5. The normalized spacial score (nSPS) is 12.4. The van der Waals surface area contributed by atoms with Crippen molar-refractivity contribution < 1.29 is 8.83 Å². The van der Waals surface area contributed by atoms with Gasteiger partial charge in [0.2, 0.25) is 0 Å². The van der Waals surface area contributed by atoms with Crippen molar-refractivity contribution in [1.29, 1.82) is 0 Å². The topological polar surface area (TPSA) is 36.1 Å². The summed E-state index contributed by atoms with van der Waals surface area (Å²) >= 11 is 3.87. The Balaban J connectivity index is 1.19. The van der Waals surface area contributed by atoms with E-state index in [1.165, 1.54) is 43.6 Å². The first kappa shape index (κ1) is 25.4. The van der Waals surface area contributed by atoms with Crippen LogP contribution in [0.3, 0.4) is 0 Å². The van der Waals surface area contributed by atoms with E-state index in [2.05, 4.69) is 165 Å². The van der Waals surface area contributed by atoms with Crippen LogP contribution in [0.1, 0.15) is 0 Å². The number of halogens is 1. The summed E-state index contributed by atoms with van der Waals surface area (Å²) in [7, 11) is 0. The summed E-state index contributed by atoms with van der Waals surface area (Å²) in [5.41, 5.74) is 10.2. The van der Waals surface area contributed by atoms with Crippen LogP contribution in [-0.4, -0.2) is 9.13 Å². The third kappa shape index (κ3) is 3.36. The van der Waals surface area contributed by atoms with Gasteiger partial charge in [0.15, 0.2) is 5.58 Å². The minimum Gasteiger partial charge on any atom is -0.455 e. The maximum atomic E-state index is 6.71. The number of benzene rings is 7. The van der Waals surface area contributed by atoms with E-state index in [4.69, 9.17) is 8.83 Å².